The summed E-state index contributed by atoms with van der Waals surface area (Å²) in [5.74, 6) is -2.10. The van der Waals surface area contributed by atoms with E-state index < -0.39 is 38.1 Å². The summed E-state index contributed by atoms with van der Waals surface area (Å²) in [5.41, 5.74) is -0.296. The highest BCUT2D eigenvalue weighted by molar-refractivity contribution is 7.89. The van der Waals surface area contributed by atoms with E-state index in [0.29, 0.717) is 31.2 Å². The molecule has 5 rings (SSSR count). The number of hydrogen-bond acceptors (Lipinski definition) is 5. The predicted molar refractivity (Wildman–Crippen MR) is 120 cm³/mol. The van der Waals surface area contributed by atoms with E-state index in [-0.39, 0.29) is 29.6 Å². The average Bonchev–Trinajstić information content (AvgIpc) is 3.20. The molecular weight excluding hydrogens is 464 g/mol. The van der Waals surface area contributed by atoms with Crippen LogP contribution in [-0.4, -0.2) is 29.0 Å². The zero-order chi connectivity index (χ0) is 24.1. The molecule has 2 aromatic carbocycles. The molecule has 0 spiro atoms. The van der Waals surface area contributed by atoms with Gasteiger partial charge in [-0.15, -0.1) is 5.10 Å². The van der Waals surface area contributed by atoms with E-state index in [9.17, 15) is 13.2 Å². The number of sulfonamides is 1. The van der Waals surface area contributed by atoms with Crippen molar-refractivity contribution < 1.29 is 21.6 Å². The first kappa shape index (κ1) is 22.9. The van der Waals surface area contributed by atoms with Gasteiger partial charge in [0.05, 0.1) is 5.41 Å². The van der Waals surface area contributed by atoms with Crippen molar-refractivity contribution in [3.8, 4) is 0 Å². The predicted octanol–water partition coefficient (Wildman–Crippen LogP) is 4.17. The Hall–Kier alpha value is -2.85. The molecule has 1 aromatic heterocycles. The van der Waals surface area contributed by atoms with Gasteiger partial charge in [0.2, 0.25) is 15.9 Å². The second-order valence-electron chi connectivity index (χ2n) is 9.19. The maximum absolute atomic E-state index is 15.3. The van der Waals surface area contributed by atoms with Crippen LogP contribution in [0.3, 0.4) is 0 Å². The van der Waals surface area contributed by atoms with Crippen molar-refractivity contribution in [2.45, 2.75) is 62.3 Å². The number of H-pyrrole nitrogens is 1. The minimum Gasteiger partial charge on any atom is -0.392 e. The Morgan fingerprint density at radius 1 is 1.15 bits per heavy atom. The van der Waals surface area contributed by atoms with Crippen LogP contribution in [0.5, 0.6) is 0 Å². The molecule has 2 heterocycles. The Morgan fingerprint density at radius 3 is 2.50 bits per heavy atom. The molecule has 1 saturated carbocycles. The lowest BCUT2D eigenvalue weighted by atomic mass is 9.64. The van der Waals surface area contributed by atoms with Crippen molar-refractivity contribution in [2.75, 3.05) is 0 Å². The molecule has 2 fully saturated rings. The Kier molecular flexibility index (Phi) is 5.68. The van der Waals surface area contributed by atoms with Gasteiger partial charge in [0.25, 0.3) is 0 Å². The highest BCUT2D eigenvalue weighted by Crippen LogP contribution is 2.49. The Labute approximate surface area is 195 Å². The number of rotatable bonds is 5. The fourth-order valence-electron chi connectivity index (χ4n) is 5.16. The zero-order valence-electron chi connectivity index (χ0n) is 18.6. The van der Waals surface area contributed by atoms with E-state index in [1.54, 1.807) is 31.2 Å². The lowest BCUT2D eigenvalue weighted by Gasteiger charge is -2.39. The second kappa shape index (κ2) is 8.42. The van der Waals surface area contributed by atoms with Crippen LogP contribution in [0.4, 0.5) is 8.78 Å². The third kappa shape index (κ3) is 3.69. The Balaban J connectivity index is 1.48. The molecule has 1 aliphatic heterocycles. The van der Waals surface area contributed by atoms with Crippen LogP contribution in [0.15, 0.2) is 51.7 Å². The Morgan fingerprint density at radius 2 is 1.88 bits per heavy atom. The van der Waals surface area contributed by atoms with E-state index in [4.69, 9.17) is 4.42 Å². The lowest BCUT2D eigenvalue weighted by Crippen LogP contribution is -2.45. The number of aromatic nitrogens is 2. The summed E-state index contributed by atoms with van der Waals surface area (Å²) in [7, 11) is -3.79. The van der Waals surface area contributed by atoms with Crippen molar-refractivity contribution >= 4 is 10.0 Å². The maximum atomic E-state index is 15.3. The standard InChI is InChI=1S/C24H25F2N3O4S/c1-15-8-9-21(16-6-3-2-4-7-16)34(31,32)29(15)14-17-12-20(26)18(13-19(17)25)24(10-5-11-24)22-27-28-23(30)33-22/h2-4,6-7,12-13,15,21H,5,8-11,14H2,1H3,(H,28,30)/t15-,21+/m0/s1. The fourth-order valence-corrected chi connectivity index (χ4v) is 7.35. The van der Waals surface area contributed by atoms with Gasteiger partial charge in [0, 0.05) is 23.7 Å². The van der Waals surface area contributed by atoms with Crippen molar-refractivity contribution in [2.24, 2.45) is 0 Å². The molecule has 7 nitrogen and oxygen atoms in total. The van der Waals surface area contributed by atoms with Crippen molar-refractivity contribution in [3.63, 3.8) is 0 Å². The van der Waals surface area contributed by atoms with Crippen molar-refractivity contribution in [1.29, 1.82) is 0 Å². The largest absolute Gasteiger partial charge is 0.434 e. The number of nitrogens with one attached hydrogen (secondary N) is 1. The summed E-state index contributed by atoms with van der Waals surface area (Å²) in [6, 6.07) is 10.8. The minimum atomic E-state index is -3.79. The van der Waals surface area contributed by atoms with E-state index >= 15 is 8.78 Å². The molecule has 1 aliphatic carbocycles. The number of hydrogen-bond donors (Lipinski definition) is 1. The molecule has 180 valence electrons. The molecule has 10 heteroatoms. The van der Waals surface area contributed by atoms with E-state index in [0.717, 1.165) is 18.6 Å². The first-order valence-electron chi connectivity index (χ1n) is 11.3. The number of benzene rings is 2. The van der Waals surface area contributed by atoms with Crippen LogP contribution in [0, 0.1) is 11.6 Å². The third-order valence-corrected chi connectivity index (χ3v) is 9.60. The number of nitrogens with zero attached hydrogens (tertiary/aromatic N) is 2. The topological polar surface area (TPSA) is 96.3 Å². The van der Waals surface area contributed by atoms with Crippen LogP contribution in [-0.2, 0) is 22.0 Å². The summed E-state index contributed by atoms with van der Waals surface area (Å²) in [5, 5.41) is 5.32. The van der Waals surface area contributed by atoms with Gasteiger partial charge in [0.15, 0.2) is 0 Å². The smallest absolute Gasteiger partial charge is 0.392 e. The molecule has 2 aliphatic rings. The van der Waals surface area contributed by atoms with Gasteiger partial charge in [-0.2, -0.15) is 4.31 Å². The van der Waals surface area contributed by atoms with Gasteiger partial charge >= 0.3 is 5.76 Å². The molecule has 0 bridgehead atoms. The summed E-state index contributed by atoms with van der Waals surface area (Å²) in [6.07, 6.45) is 2.77. The molecule has 2 atom stereocenters. The summed E-state index contributed by atoms with van der Waals surface area (Å²) in [4.78, 5) is 11.4. The first-order chi connectivity index (χ1) is 16.2. The van der Waals surface area contributed by atoms with Crippen LogP contribution in [0.1, 0.15) is 66.9 Å². The summed E-state index contributed by atoms with van der Waals surface area (Å²) >= 11 is 0. The first-order valence-corrected chi connectivity index (χ1v) is 12.8. The zero-order valence-corrected chi connectivity index (χ0v) is 19.4. The molecule has 0 radical (unpaired) electrons. The van der Waals surface area contributed by atoms with Gasteiger partial charge in [-0.05, 0) is 50.3 Å². The lowest BCUT2D eigenvalue weighted by molar-refractivity contribution is 0.227. The van der Waals surface area contributed by atoms with Crippen LogP contribution in [0.2, 0.25) is 0 Å². The average molecular weight is 490 g/mol. The van der Waals surface area contributed by atoms with Gasteiger partial charge < -0.3 is 4.42 Å². The fraction of sp³-hybridized carbons (Fsp3) is 0.417. The molecule has 34 heavy (non-hydrogen) atoms. The SMILES string of the molecule is C[C@H]1CC[C@H](c2ccccc2)S(=O)(=O)N1Cc1cc(F)c(C2(c3n[nH]c(=O)o3)CCC2)cc1F. The van der Waals surface area contributed by atoms with Gasteiger partial charge in [-0.1, -0.05) is 36.8 Å². The normalized spacial score (nSPS) is 24.0. The Bertz CT molecular complexity index is 1370. The van der Waals surface area contributed by atoms with Crippen molar-refractivity contribution in [1.82, 2.24) is 14.5 Å². The molecule has 0 unspecified atom stereocenters. The maximum Gasteiger partial charge on any atom is 0.434 e. The molecule has 3 aromatic rings. The van der Waals surface area contributed by atoms with E-state index in [2.05, 4.69) is 10.2 Å². The second-order valence-corrected chi connectivity index (χ2v) is 11.3. The molecule has 0 amide bonds. The van der Waals surface area contributed by atoms with Crippen LogP contribution in [0.25, 0.3) is 0 Å². The van der Waals surface area contributed by atoms with Gasteiger partial charge in [0.1, 0.15) is 16.9 Å². The van der Waals surface area contributed by atoms with Gasteiger partial charge in [-0.25, -0.2) is 27.1 Å². The minimum absolute atomic E-state index is 0.0349. The molecule has 1 saturated heterocycles. The van der Waals surface area contributed by atoms with Crippen LogP contribution >= 0.6 is 0 Å². The highest BCUT2D eigenvalue weighted by atomic mass is 32.2. The third-order valence-electron chi connectivity index (χ3n) is 7.23. The van der Waals surface area contributed by atoms with Gasteiger partial charge in [-0.3, -0.25) is 0 Å². The molecular formula is C24H25F2N3O4S. The summed E-state index contributed by atoms with van der Waals surface area (Å²) < 4.78 is 63.9. The van der Waals surface area contributed by atoms with E-state index in [1.807, 2.05) is 6.07 Å². The highest BCUT2D eigenvalue weighted by Gasteiger charge is 2.47. The number of halogens is 2. The van der Waals surface area contributed by atoms with Crippen LogP contribution < -0.4 is 5.76 Å². The quantitative estimate of drug-likeness (QED) is 0.580. The number of aromatic amines is 1. The monoisotopic (exact) mass is 489 g/mol. The van der Waals surface area contributed by atoms with Crippen molar-refractivity contribution in [3.05, 3.63) is 87.2 Å². The van der Waals surface area contributed by atoms with E-state index in [1.165, 1.54) is 4.31 Å². The summed E-state index contributed by atoms with van der Waals surface area (Å²) in [6.45, 7) is 1.52. The molecule has 1 N–H and O–H groups in total.